The SMILES string of the molecule is COc1ccccc1CCC(=O)N1CCCC[C@@H]1c1nc(C)c2c(n1)N(C)C(=O)CC2. The molecule has 2 aliphatic rings. The minimum Gasteiger partial charge on any atom is -0.496 e. The molecule has 1 fully saturated rings. The molecule has 7 nitrogen and oxygen atoms in total. The fourth-order valence-electron chi connectivity index (χ4n) is 4.63. The summed E-state index contributed by atoms with van der Waals surface area (Å²) in [5.74, 6) is 2.35. The first-order valence-corrected chi connectivity index (χ1v) is 11.0. The molecule has 3 heterocycles. The molecule has 1 aromatic carbocycles. The van der Waals surface area contributed by atoms with Crippen LogP contribution >= 0.6 is 0 Å². The number of rotatable bonds is 5. The number of likely N-dealkylation sites (tertiary alicyclic amines) is 1. The van der Waals surface area contributed by atoms with E-state index >= 15 is 0 Å². The molecule has 0 unspecified atom stereocenters. The largest absolute Gasteiger partial charge is 0.496 e. The van der Waals surface area contributed by atoms with Crippen molar-refractivity contribution >= 4 is 17.6 Å². The monoisotopic (exact) mass is 422 g/mol. The Kier molecular flexibility index (Phi) is 6.20. The number of nitrogens with zero attached hydrogens (tertiary/aromatic N) is 4. The maximum Gasteiger partial charge on any atom is 0.228 e. The van der Waals surface area contributed by atoms with Gasteiger partial charge in [0.25, 0.3) is 0 Å². The molecular formula is C24H30N4O3. The number of para-hydroxylation sites is 1. The molecule has 7 heteroatoms. The molecule has 2 aliphatic heterocycles. The van der Waals surface area contributed by atoms with Gasteiger partial charge in [-0.25, -0.2) is 9.97 Å². The van der Waals surface area contributed by atoms with Gasteiger partial charge in [0.05, 0.1) is 13.2 Å². The summed E-state index contributed by atoms with van der Waals surface area (Å²) in [5, 5.41) is 0. The Labute approximate surface area is 183 Å². The number of benzene rings is 1. The van der Waals surface area contributed by atoms with E-state index < -0.39 is 0 Å². The summed E-state index contributed by atoms with van der Waals surface area (Å²) < 4.78 is 5.42. The van der Waals surface area contributed by atoms with E-state index in [9.17, 15) is 9.59 Å². The number of hydrogen-bond donors (Lipinski definition) is 0. The van der Waals surface area contributed by atoms with Crippen molar-refractivity contribution in [2.24, 2.45) is 0 Å². The van der Waals surface area contributed by atoms with Crippen LogP contribution in [-0.2, 0) is 22.4 Å². The standard InChI is InChI=1S/C24H30N4O3/c1-16-18-12-14-21(29)27(2)24(18)26-23(25-16)19-9-6-7-15-28(19)22(30)13-11-17-8-4-5-10-20(17)31-3/h4-5,8,10,19H,6-7,9,11-15H2,1-3H3/t19-/m1/s1. The maximum atomic E-state index is 13.2. The number of amides is 2. The average molecular weight is 423 g/mol. The molecule has 4 rings (SSSR count). The molecule has 2 aromatic rings. The van der Waals surface area contributed by atoms with Crippen LogP contribution in [0.4, 0.5) is 5.82 Å². The van der Waals surface area contributed by atoms with Crippen molar-refractivity contribution in [3.8, 4) is 5.75 Å². The van der Waals surface area contributed by atoms with Gasteiger partial charge in [-0.3, -0.25) is 14.5 Å². The van der Waals surface area contributed by atoms with Crippen molar-refractivity contribution < 1.29 is 14.3 Å². The van der Waals surface area contributed by atoms with Gasteiger partial charge < -0.3 is 9.64 Å². The lowest BCUT2D eigenvalue weighted by molar-refractivity contribution is -0.135. The molecule has 164 valence electrons. The summed E-state index contributed by atoms with van der Waals surface area (Å²) in [7, 11) is 3.42. The van der Waals surface area contributed by atoms with Gasteiger partial charge in [0.2, 0.25) is 11.8 Å². The second-order valence-corrected chi connectivity index (χ2v) is 8.33. The highest BCUT2D eigenvalue weighted by Crippen LogP contribution is 2.34. The van der Waals surface area contributed by atoms with Gasteiger partial charge in [0, 0.05) is 37.7 Å². The number of carbonyl (C=O) groups is 2. The van der Waals surface area contributed by atoms with Gasteiger partial charge in [-0.1, -0.05) is 18.2 Å². The van der Waals surface area contributed by atoms with Crippen molar-refractivity contribution in [1.29, 1.82) is 0 Å². The van der Waals surface area contributed by atoms with Crippen LogP contribution in [0.3, 0.4) is 0 Å². The van der Waals surface area contributed by atoms with Crippen LogP contribution in [0.15, 0.2) is 24.3 Å². The Bertz CT molecular complexity index is 991. The zero-order chi connectivity index (χ0) is 22.0. The molecule has 0 radical (unpaired) electrons. The number of fused-ring (bicyclic) bond motifs is 1. The normalized spacial score (nSPS) is 18.7. The molecule has 31 heavy (non-hydrogen) atoms. The molecular weight excluding hydrogens is 392 g/mol. The van der Waals surface area contributed by atoms with Gasteiger partial charge in [-0.05, 0) is 50.7 Å². The third-order valence-corrected chi connectivity index (χ3v) is 6.41. The Morgan fingerprint density at radius 2 is 2.00 bits per heavy atom. The Morgan fingerprint density at radius 3 is 2.81 bits per heavy atom. The molecule has 0 aliphatic carbocycles. The van der Waals surface area contributed by atoms with Gasteiger partial charge in [0.1, 0.15) is 11.6 Å². The Balaban J connectivity index is 1.56. The summed E-state index contributed by atoms with van der Waals surface area (Å²) >= 11 is 0. The van der Waals surface area contributed by atoms with Crippen molar-refractivity contribution in [2.45, 2.75) is 57.9 Å². The third-order valence-electron chi connectivity index (χ3n) is 6.41. The van der Waals surface area contributed by atoms with Gasteiger partial charge in [0.15, 0.2) is 5.82 Å². The average Bonchev–Trinajstić information content (AvgIpc) is 2.80. The predicted octanol–water partition coefficient (Wildman–Crippen LogP) is 3.39. The number of anilines is 1. The van der Waals surface area contributed by atoms with E-state index in [2.05, 4.69) is 0 Å². The van der Waals surface area contributed by atoms with Crippen molar-refractivity contribution in [3.05, 3.63) is 46.9 Å². The van der Waals surface area contributed by atoms with Crippen molar-refractivity contribution in [2.75, 3.05) is 25.6 Å². The second-order valence-electron chi connectivity index (χ2n) is 8.33. The number of aromatic nitrogens is 2. The number of piperidine rings is 1. The molecule has 0 spiro atoms. The van der Waals surface area contributed by atoms with E-state index in [1.807, 2.05) is 36.1 Å². The van der Waals surface area contributed by atoms with E-state index in [-0.39, 0.29) is 17.9 Å². The first-order valence-electron chi connectivity index (χ1n) is 11.0. The smallest absolute Gasteiger partial charge is 0.228 e. The fraction of sp³-hybridized carbons (Fsp3) is 0.500. The quantitative estimate of drug-likeness (QED) is 0.738. The lowest BCUT2D eigenvalue weighted by atomic mass is 9.98. The van der Waals surface area contributed by atoms with E-state index in [0.717, 1.165) is 41.8 Å². The highest BCUT2D eigenvalue weighted by atomic mass is 16.5. The molecule has 0 bridgehead atoms. The number of hydrogen-bond acceptors (Lipinski definition) is 5. The van der Waals surface area contributed by atoms with Crippen molar-refractivity contribution in [1.82, 2.24) is 14.9 Å². The second kappa shape index (κ2) is 9.04. The minimum absolute atomic E-state index is 0.0740. The number of aryl methyl sites for hydroxylation is 2. The molecule has 1 saturated heterocycles. The predicted molar refractivity (Wildman–Crippen MR) is 118 cm³/mol. The van der Waals surface area contributed by atoms with Gasteiger partial charge in [-0.2, -0.15) is 0 Å². The molecule has 0 saturated carbocycles. The van der Waals surface area contributed by atoms with Crippen LogP contribution in [0.2, 0.25) is 0 Å². The maximum absolute atomic E-state index is 13.2. The zero-order valence-corrected chi connectivity index (χ0v) is 18.6. The first-order chi connectivity index (χ1) is 15.0. The van der Waals surface area contributed by atoms with Crippen LogP contribution in [-0.4, -0.2) is 47.4 Å². The van der Waals surface area contributed by atoms with Crippen LogP contribution in [0.1, 0.15) is 60.8 Å². The molecule has 0 N–H and O–H groups in total. The highest BCUT2D eigenvalue weighted by Gasteiger charge is 2.32. The van der Waals surface area contributed by atoms with Crippen molar-refractivity contribution in [3.63, 3.8) is 0 Å². The zero-order valence-electron chi connectivity index (χ0n) is 18.6. The fourth-order valence-corrected chi connectivity index (χ4v) is 4.63. The van der Waals surface area contributed by atoms with Crippen LogP contribution in [0.5, 0.6) is 5.75 Å². The number of methoxy groups -OCH3 is 1. The Hall–Kier alpha value is -2.96. The van der Waals surface area contributed by atoms with E-state index in [4.69, 9.17) is 14.7 Å². The Morgan fingerprint density at radius 1 is 1.19 bits per heavy atom. The third kappa shape index (κ3) is 4.27. The van der Waals surface area contributed by atoms with E-state index in [1.165, 1.54) is 0 Å². The molecule has 2 amide bonds. The van der Waals surface area contributed by atoms with Crippen LogP contribution in [0.25, 0.3) is 0 Å². The molecule has 1 aromatic heterocycles. The summed E-state index contributed by atoms with van der Waals surface area (Å²) in [6.07, 6.45) is 5.08. The lowest BCUT2D eigenvalue weighted by Gasteiger charge is -2.36. The van der Waals surface area contributed by atoms with Crippen LogP contribution in [0, 0.1) is 6.92 Å². The summed E-state index contributed by atoms with van der Waals surface area (Å²) in [4.78, 5) is 38.5. The van der Waals surface area contributed by atoms with E-state index in [0.29, 0.717) is 43.9 Å². The number of ether oxygens (including phenoxy) is 1. The summed E-state index contributed by atoms with van der Waals surface area (Å²) in [5.41, 5.74) is 2.98. The molecule has 1 atom stereocenters. The van der Waals surface area contributed by atoms with Crippen LogP contribution < -0.4 is 9.64 Å². The highest BCUT2D eigenvalue weighted by molar-refractivity contribution is 5.94. The summed E-state index contributed by atoms with van der Waals surface area (Å²) in [6.45, 7) is 2.69. The number of carbonyl (C=O) groups excluding carboxylic acids is 2. The lowest BCUT2D eigenvalue weighted by Crippen LogP contribution is -2.40. The minimum atomic E-state index is -0.145. The van der Waals surface area contributed by atoms with Gasteiger partial charge >= 0.3 is 0 Å². The first kappa shape index (κ1) is 21.3. The summed E-state index contributed by atoms with van der Waals surface area (Å²) in [6, 6.07) is 7.68. The van der Waals surface area contributed by atoms with E-state index in [1.54, 1.807) is 19.1 Å². The topological polar surface area (TPSA) is 75.6 Å². The van der Waals surface area contributed by atoms with Gasteiger partial charge in [-0.15, -0.1) is 0 Å².